The van der Waals surface area contributed by atoms with Crippen LogP contribution in [0.1, 0.15) is 78.1 Å². The fourth-order valence-electron chi connectivity index (χ4n) is 3.95. The zero-order chi connectivity index (χ0) is 13.7. The summed E-state index contributed by atoms with van der Waals surface area (Å²) >= 11 is 0. The Kier molecular flexibility index (Phi) is 5.70. The molecule has 0 bridgehead atoms. The van der Waals surface area contributed by atoms with E-state index in [9.17, 15) is 5.11 Å². The van der Waals surface area contributed by atoms with Gasteiger partial charge in [-0.1, -0.05) is 32.6 Å². The molecule has 19 heavy (non-hydrogen) atoms. The molecular formula is C17H33NO. The van der Waals surface area contributed by atoms with Crippen molar-refractivity contribution in [1.82, 2.24) is 5.32 Å². The Hall–Kier alpha value is -0.0800. The quantitative estimate of drug-likeness (QED) is 0.792. The zero-order valence-corrected chi connectivity index (χ0v) is 13.0. The summed E-state index contributed by atoms with van der Waals surface area (Å²) in [6.07, 6.45) is 12.7. The SMILES string of the molecule is CCC1CCC(O)(CNC(C)C2CCCCC2)CC1. The van der Waals surface area contributed by atoms with Crippen molar-refractivity contribution in [3.8, 4) is 0 Å². The minimum absolute atomic E-state index is 0.422. The van der Waals surface area contributed by atoms with Crippen molar-refractivity contribution >= 4 is 0 Å². The van der Waals surface area contributed by atoms with E-state index < -0.39 is 5.60 Å². The minimum atomic E-state index is -0.422. The highest BCUT2D eigenvalue weighted by atomic mass is 16.3. The summed E-state index contributed by atoms with van der Waals surface area (Å²) in [4.78, 5) is 0. The molecule has 0 aromatic carbocycles. The predicted octanol–water partition coefficient (Wildman–Crippen LogP) is 3.88. The molecule has 2 fully saturated rings. The van der Waals surface area contributed by atoms with Gasteiger partial charge in [0.25, 0.3) is 0 Å². The van der Waals surface area contributed by atoms with Crippen molar-refractivity contribution in [2.24, 2.45) is 11.8 Å². The number of hydrogen-bond donors (Lipinski definition) is 2. The number of aliphatic hydroxyl groups is 1. The van der Waals surface area contributed by atoms with Gasteiger partial charge in [0, 0.05) is 12.6 Å². The van der Waals surface area contributed by atoms with Crippen molar-refractivity contribution in [1.29, 1.82) is 0 Å². The molecular weight excluding hydrogens is 234 g/mol. The topological polar surface area (TPSA) is 32.3 Å². The lowest BCUT2D eigenvalue weighted by molar-refractivity contribution is -0.0120. The molecule has 0 spiro atoms. The van der Waals surface area contributed by atoms with Gasteiger partial charge in [0.1, 0.15) is 0 Å². The highest BCUT2D eigenvalue weighted by Gasteiger charge is 2.33. The summed E-state index contributed by atoms with van der Waals surface area (Å²) in [6, 6.07) is 0.577. The van der Waals surface area contributed by atoms with Crippen LogP contribution in [0.4, 0.5) is 0 Å². The van der Waals surface area contributed by atoms with Gasteiger partial charge in [0.2, 0.25) is 0 Å². The lowest BCUT2D eigenvalue weighted by Gasteiger charge is -2.38. The minimum Gasteiger partial charge on any atom is -0.389 e. The summed E-state index contributed by atoms with van der Waals surface area (Å²) in [5.74, 6) is 1.69. The van der Waals surface area contributed by atoms with Crippen molar-refractivity contribution in [2.45, 2.75) is 89.7 Å². The van der Waals surface area contributed by atoms with Crippen LogP contribution in [0.15, 0.2) is 0 Å². The van der Waals surface area contributed by atoms with E-state index in [1.807, 2.05) is 0 Å². The van der Waals surface area contributed by atoms with Crippen LogP contribution < -0.4 is 5.32 Å². The second-order valence-corrected chi connectivity index (χ2v) is 7.14. The molecule has 0 amide bonds. The van der Waals surface area contributed by atoms with Gasteiger partial charge in [-0.3, -0.25) is 0 Å². The van der Waals surface area contributed by atoms with Gasteiger partial charge in [0.15, 0.2) is 0 Å². The van der Waals surface area contributed by atoms with Gasteiger partial charge in [-0.15, -0.1) is 0 Å². The molecule has 2 saturated carbocycles. The third kappa shape index (κ3) is 4.46. The van der Waals surface area contributed by atoms with Crippen molar-refractivity contribution in [3.05, 3.63) is 0 Å². The van der Waals surface area contributed by atoms with Gasteiger partial charge < -0.3 is 10.4 Å². The van der Waals surface area contributed by atoms with Crippen LogP contribution >= 0.6 is 0 Å². The Balaban J connectivity index is 1.71. The van der Waals surface area contributed by atoms with E-state index in [1.165, 1.54) is 51.4 Å². The fourth-order valence-corrected chi connectivity index (χ4v) is 3.95. The largest absolute Gasteiger partial charge is 0.389 e. The van der Waals surface area contributed by atoms with Crippen LogP contribution in [-0.4, -0.2) is 23.3 Å². The molecule has 0 radical (unpaired) electrons. The maximum absolute atomic E-state index is 10.7. The maximum atomic E-state index is 10.7. The molecule has 2 aliphatic rings. The van der Waals surface area contributed by atoms with E-state index in [4.69, 9.17) is 0 Å². The molecule has 0 aromatic heterocycles. The maximum Gasteiger partial charge on any atom is 0.0771 e. The van der Waals surface area contributed by atoms with E-state index in [0.717, 1.165) is 31.2 Å². The van der Waals surface area contributed by atoms with Gasteiger partial charge in [-0.05, 0) is 57.3 Å². The molecule has 1 atom stereocenters. The van der Waals surface area contributed by atoms with Crippen molar-refractivity contribution in [2.75, 3.05) is 6.54 Å². The first kappa shape index (κ1) is 15.3. The average molecular weight is 267 g/mol. The summed E-state index contributed by atoms with van der Waals surface area (Å²) in [6.45, 7) is 5.40. The lowest BCUT2D eigenvalue weighted by Crippen LogP contribution is -2.47. The standard InChI is InChI=1S/C17H33NO/c1-3-15-9-11-17(19,12-10-15)13-18-14(2)16-7-5-4-6-8-16/h14-16,18-19H,3-13H2,1-2H3. The molecule has 2 N–H and O–H groups in total. The number of rotatable bonds is 5. The Morgan fingerprint density at radius 3 is 2.32 bits per heavy atom. The third-order valence-electron chi connectivity index (χ3n) is 5.72. The van der Waals surface area contributed by atoms with Gasteiger partial charge in [0.05, 0.1) is 5.60 Å². The van der Waals surface area contributed by atoms with Crippen LogP contribution in [0.25, 0.3) is 0 Å². The van der Waals surface area contributed by atoms with Crippen LogP contribution in [0.2, 0.25) is 0 Å². The van der Waals surface area contributed by atoms with E-state index in [2.05, 4.69) is 19.2 Å². The first-order chi connectivity index (χ1) is 9.13. The van der Waals surface area contributed by atoms with Crippen molar-refractivity contribution < 1.29 is 5.11 Å². The molecule has 1 unspecified atom stereocenters. The molecule has 0 aromatic rings. The van der Waals surface area contributed by atoms with E-state index in [1.54, 1.807) is 0 Å². The van der Waals surface area contributed by atoms with E-state index in [-0.39, 0.29) is 0 Å². The Morgan fingerprint density at radius 2 is 1.74 bits per heavy atom. The van der Waals surface area contributed by atoms with Crippen LogP contribution in [-0.2, 0) is 0 Å². The number of nitrogens with one attached hydrogen (secondary N) is 1. The Morgan fingerprint density at radius 1 is 1.11 bits per heavy atom. The normalized spacial score (nSPS) is 35.2. The zero-order valence-electron chi connectivity index (χ0n) is 13.0. The molecule has 0 heterocycles. The average Bonchev–Trinajstić information content (AvgIpc) is 2.47. The van der Waals surface area contributed by atoms with Crippen molar-refractivity contribution in [3.63, 3.8) is 0 Å². The van der Waals surface area contributed by atoms with Gasteiger partial charge >= 0.3 is 0 Å². The Bertz CT molecular complexity index is 252. The lowest BCUT2D eigenvalue weighted by atomic mass is 9.77. The summed E-state index contributed by atoms with van der Waals surface area (Å²) < 4.78 is 0. The first-order valence-corrected chi connectivity index (χ1v) is 8.59. The first-order valence-electron chi connectivity index (χ1n) is 8.59. The monoisotopic (exact) mass is 267 g/mol. The van der Waals surface area contributed by atoms with Gasteiger partial charge in [-0.25, -0.2) is 0 Å². The molecule has 112 valence electrons. The smallest absolute Gasteiger partial charge is 0.0771 e. The van der Waals surface area contributed by atoms with E-state index >= 15 is 0 Å². The molecule has 2 heteroatoms. The second-order valence-electron chi connectivity index (χ2n) is 7.14. The highest BCUT2D eigenvalue weighted by molar-refractivity contribution is 4.88. The Labute approximate surface area is 119 Å². The summed E-state index contributed by atoms with van der Waals surface area (Å²) in [7, 11) is 0. The third-order valence-corrected chi connectivity index (χ3v) is 5.72. The predicted molar refractivity (Wildman–Crippen MR) is 81.2 cm³/mol. The van der Waals surface area contributed by atoms with Crippen LogP contribution in [0.5, 0.6) is 0 Å². The van der Waals surface area contributed by atoms with Crippen LogP contribution in [0, 0.1) is 11.8 Å². The highest BCUT2D eigenvalue weighted by Crippen LogP contribution is 2.33. The second kappa shape index (κ2) is 7.08. The molecule has 2 aliphatic carbocycles. The summed E-state index contributed by atoms with van der Waals surface area (Å²) in [5, 5.41) is 14.3. The molecule has 2 rings (SSSR count). The van der Waals surface area contributed by atoms with Gasteiger partial charge in [-0.2, -0.15) is 0 Å². The van der Waals surface area contributed by atoms with E-state index in [0.29, 0.717) is 6.04 Å². The number of hydrogen-bond acceptors (Lipinski definition) is 2. The molecule has 0 aliphatic heterocycles. The van der Waals surface area contributed by atoms with Crippen LogP contribution in [0.3, 0.4) is 0 Å². The molecule has 2 nitrogen and oxygen atoms in total. The molecule has 0 saturated heterocycles. The summed E-state index contributed by atoms with van der Waals surface area (Å²) in [5.41, 5.74) is -0.422. The fraction of sp³-hybridized carbons (Fsp3) is 1.00.